The number of nitrogens with zero attached hydrogens (tertiary/aromatic N) is 4. The first kappa shape index (κ1) is 20.4. The van der Waals surface area contributed by atoms with Crippen molar-refractivity contribution in [2.45, 2.75) is 47.2 Å². The van der Waals surface area contributed by atoms with E-state index in [-0.39, 0.29) is 5.91 Å². The van der Waals surface area contributed by atoms with E-state index in [1.165, 1.54) is 0 Å². The number of amides is 1. The predicted molar refractivity (Wildman–Crippen MR) is 112 cm³/mol. The van der Waals surface area contributed by atoms with Gasteiger partial charge in [0.1, 0.15) is 6.04 Å². The molecular weight excluding hydrogens is 397 g/mol. The largest absolute Gasteiger partial charge is 0.321 e. The van der Waals surface area contributed by atoms with E-state index in [2.05, 4.69) is 15.5 Å². The number of rotatable bonds is 5. The van der Waals surface area contributed by atoms with Crippen LogP contribution in [0.25, 0.3) is 0 Å². The van der Waals surface area contributed by atoms with Gasteiger partial charge in [-0.2, -0.15) is 10.2 Å². The second-order valence-corrected chi connectivity index (χ2v) is 7.67. The van der Waals surface area contributed by atoms with E-state index in [0.29, 0.717) is 28.0 Å². The number of nitrogens with one attached hydrogen (secondary N) is 1. The first-order chi connectivity index (χ1) is 13.2. The molecule has 0 aliphatic rings. The lowest BCUT2D eigenvalue weighted by Crippen LogP contribution is -2.25. The van der Waals surface area contributed by atoms with Crippen molar-refractivity contribution in [3.8, 4) is 0 Å². The van der Waals surface area contributed by atoms with Gasteiger partial charge in [-0.25, -0.2) is 0 Å². The summed E-state index contributed by atoms with van der Waals surface area (Å²) in [6.07, 6.45) is 0. The lowest BCUT2D eigenvalue weighted by Gasteiger charge is -2.15. The first-order valence-electron chi connectivity index (χ1n) is 9.00. The van der Waals surface area contributed by atoms with Crippen LogP contribution in [0.1, 0.15) is 41.3 Å². The second-order valence-electron chi connectivity index (χ2n) is 6.89. The van der Waals surface area contributed by atoms with E-state index < -0.39 is 6.04 Å². The molecule has 2 aromatic heterocycles. The lowest BCUT2D eigenvalue weighted by atomic mass is 10.2. The smallest absolute Gasteiger partial charge is 0.249 e. The first-order valence-corrected chi connectivity index (χ1v) is 9.75. The van der Waals surface area contributed by atoms with E-state index in [0.717, 1.165) is 22.6 Å². The Kier molecular flexibility index (Phi) is 5.82. The van der Waals surface area contributed by atoms with Crippen LogP contribution in [0.2, 0.25) is 10.0 Å². The maximum absolute atomic E-state index is 12.8. The highest BCUT2D eigenvalue weighted by Gasteiger charge is 2.23. The van der Waals surface area contributed by atoms with Crippen molar-refractivity contribution in [1.82, 2.24) is 19.6 Å². The molecule has 0 saturated carbocycles. The third-order valence-corrected chi connectivity index (χ3v) is 5.81. The zero-order valence-corrected chi connectivity index (χ0v) is 18.1. The van der Waals surface area contributed by atoms with Crippen LogP contribution in [0.5, 0.6) is 0 Å². The molecule has 28 heavy (non-hydrogen) atoms. The fourth-order valence-electron chi connectivity index (χ4n) is 3.18. The fraction of sp³-hybridized carbons (Fsp3) is 0.350. The maximum atomic E-state index is 12.8. The Labute approximate surface area is 174 Å². The monoisotopic (exact) mass is 419 g/mol. The molecule has 1 aromatic carbocycles. The SMILES string of the molecule is Cc1nn(C(C)C(=O)Nc2c(C)nn(Cc3ccccc3Cl)c2C)c(C)c1Cl. The van der Waals surface area contributed by atoms with Crippen molar-refractivity contribution in [3.05, 3.63) is 62.6 Å². The highest BCUT2D eigenvalue weighted by molar-refractivity contribution is 6.32. The van der Waals surface area contributed by atoms with Gasteiger partial charge >= 0.3 is 0 Å². The molecule has 148 valence electrons. The van der Waals surface area contributed by atoms with Crippen molar-refractivity contribution >= 4 is 34.8 Å². The highest BCUT2D eigenvalue weighted by atomic mass is 35.5. The molecule has 1 atom stereocenters. The fourth-order valence-corrected chi connectivity index (χ4v) is 3.50. The molecule has 1 N–H and O–H groups in total. The normalized spacial score (nSPS) is 12.2. The molecular formula is C20H23Cl2N5O. The molecule has 1 amide bonds. The highest BCUT2D eigenvalue weighted by Crippen LogP contribution is 2.26. The van der Waals surface area contributed by atoms with E-state index in [4.69, 9.17) is 23.2 Å². The summed E-state index contributed by atoms with van der Waals surface area (Å²) < 4.78 is 3.49. The topological polar surface area (TPSA) is 64.7 Å². The molecule has 0 saturated heterocycles. The average molecular weight is 420 g/mol. The molecule has 2 heterocycles. The summed E-state index contributed by atoms with van der Waals surface area (Å²) in [6, 6.07) is 7.15. The van der Waals surface area contributed by atoms with Crippen LogP contribution >= 0.6 is 23.2 Å². The number of carbonyl (C=O) groups is 1. The van der Waals surface area contributed by atoms with Crippen molar-refractivity contribution in [2.75, 3.05) is 5.32 Å². The van der Waals surface area contributed by atoms with Crippen molar-refractivity contribution in [1.29, 1.82) is 0 Å². The number of anilines is 1. The van der Waals surface area contributed by atoms with Crippen LogP contribution in [-0.2, 0) is 11.3 Å². The quantitative estimate of drug-likeness (QED) is 0.641. The number of benzene rings is 1. The van der Waals surface area contributed by atoms with Crippen LogP contribution in [0.15, 0.2) is 24.3 Å². The minimum Gasteiger partial charge on any atom is -0.321 e. The molecule has 8 heteroatoms. The van der Waals surface area contributed by atoms with Gasteiger partial charge in [-0.3, -0.25) is 14.2 Å². The molecule has 3 aromatic rings. The Morgan fingerprint density at radius 1 is 1.07 bits per heavy atom. The molecule has 6 nitrogen and oxygen atoms in total. The van der Waals surface area contributed by atoms with Gasteiger partial charge in [-0.05, 0) is 46.2 Å². The van der Waals surface area contributed by atoms with Gasteiger partial charge < -0.3 is 5.32 Å². The van der Waals surface area contributed by atoms with Crippen LogP contribution < -0.4 is 5.32 Å². The third-order valence-electron chi connectivity index (χ3n) is 4.89. The van der Waals surface area contributed by atoms with Crippen molar-refractivity contribution < 1.29 is 4.79 Å². The molecule has 0 radical (unpaired) electrons. The Hall–Kier alpha value is -2.31. The molecule has 0 aliphatic carbocycles. The van der Waals surface area contributed by atoms with Gasteiger partial charge in [0.05, 0.1) is 40.0 Å². The summed E-state index contributed by atoms with van der Waals surface area (Å²) in [6.45, 7) is 9.80. The lowest BCUT2D eigenvalue weighted by molar-refractivity contribution is -0.119. The number of hydrogen-bond donors (Lipinski definition) is 1. The zero-order chi connectivity index (χ0) is 20.6. The summed E-state index contributed by atoms with van der Waals surface area (Å²) in [5.74, 6) is -0.175. The minimum atomic E-state index is -0.503. The minimum absolute atomic E-state index is 0.175. The predicted octanol–water partition coefficient (Wildman–Crippen LogP) is 4.87. The summed E-state index contributed by atoms with van der Waals surface area (Å²) in [5.41, 5.74) is 4.76. The number of halogens is 2. The molecule has 0 fully saturated rings. The van der Waals surface area contributed by atoms with Gasteiger partial charge in [0.15, 0.2) is 0 Å². The van der Waals surface area contributed by atoms with Gasteiger partial charge in [0.2, 0.25) is 5.91 Å². The number of aromatic nitrogens is 4. The van der Waals surface area contributed by atoms with E-state index >= 15 is 0 Å². The Balaban J connectivity index is 1.82. The molecule has 0 bridgehead atoms. The van der Waals surface area contributed by atoms with Gasteiger partial charge in [-0.1, -0.05) is 41.4 Å². The third kappa shape index (κ3) is 3.80. The average Bonchev–Trinajstić information content (AvgIpc) is 3.07. The van der Waals surface area contributed by atoms with Crippen LogP contribution in [-0.4, -0.2) is 25.5 Å². The standard InChI is InChI=1S/C20H23Cl2N5O/c1-11-18(22)13(3)27(25-11)15(5)20(28)23-19-12(2)24-26(14(19)4)10-16-8-6-7-9-17(16)21/h6-9,15H,10H2,1-5H3,(H,23,28). The summed E-state index contributed by atoms with van der Waals surface area (Å²) in [4.78, 5) is 12.8. The van der Waals surface area contributed by atoms with Gasteiger partial charge in [-0.15, -0.1) is 0 Å². The van der Waals surface area contributed by atoms with Crippen molar-refractivity contribution in [2.24, 2.45) is 0 Å². The van der Waals surface area contributed by atoms with Gasteiger partial charge in [0.25, 0.3) is 0 Å². The van der Waals surface area contributed by atoms with Crippen LogP contribution in [0, 0.1) is 27.7 Å². The second kappa shape index (κ2) is 7.97. The number of aryl methyl sites for hydroxylation is 2. The van der Waals surface area contributed by atoms with E-state index in [1.54, 1.807) is 11.6 Å². The Morgan fingerprint density at radius 3 is 2.36 bits per heavy atom. The summed E-state index contributed by atoms with van der Waals surface area (Å²) >= 11 is 12.5. The number of carbonyl (C=O) groups excluding carboxylic acids is 1. The van der Waals surface area contributed by atoms with Crippen molar-refractivity contribution in [3.63, 3.8) is 0 Å². The molecule has 1 unspecified atom stereocenters. The van der Waals surface area contributed by atoms with Gasteiger partial charge in [0, 0.05) is 5.02 Å². The number of hydrogen-bond acceptors (Lipinski definition) is 3. The zero-order valence-electron chi connectivity index (χ0n) is 16.5. The molecule has 0 spiro atoms. The molecule has 3 rings (SSSR count). The summed E-state index contributed by atoms with van der Waals surface area (Å²) in [7, 11) is 0. The molecule has 0 aliphatic heterocycles. The summed E-state index contributed by atoms with van der Waals surface area (Å²) in [5, 5.41) is 13.2. The van der Waals surface area contributed by atoms with Crippen LogP contribution in [0.3, 0.4) is 0 Å². The Morgan fingerprint density at radius 2 is 1.75 bits per heavy atom. The maximum Gasteiger partial charge on any atom is 0.249 e. The Bertz CT molecular complexity index is 1040. The van der Waals surface area contributed by atoms with Crippen LogP contribution in [0.4, 0.5) is 5.69 Å². The van der Waals surface area contributed by atoms with E-state index in [9.17, 15) is 4.79 Å². The van der Waals surface area contributed by atoms with E-state index in [1.807, 2.05) is 56.6 Å².